The highest BCUT2D eigenvalue weighted by Crippen LogP contribution is 2.17. The van der Waals surface area contributed by atoms with Crippen molar-refractivity contribution in [3.05, 3.63) is 35.4 Å². The normalized spacial score (nSPS) is 16.2. The van der Waals surface area contributed by atoms with Gasteiger partial charge in [-0.3, -0.25) is 4.99 Å². The van der Waals surface area contributed by atoms with Crippen LogP contribution in [-0.4, -0.2) is 56.9 Å². The summed E-state index contributed by atoms with van der Waals surface area (Å²) in [4.78, 5) is 6.80. The minimum absolute atomic E-state index is 0. The molecule has 2 N–H and O–H groups in total. The summed E-state index contributed by atoms with van der Waals surface area (Å²) in [6.07, 6.45) is -0.663. The van der Waals surface area contributed by atoms with Crippen LogP contribution >= 0.6 is 24.0 Å². The van der Waals surface area contributed by atoms with E-state index in [1.807, 2.05) is 12.1 Å². The molecule has 0 amide bonds. The van der Waals surface area contributed by atoms with Crippen molar-refractivity contribution in [3.63, 3.8) is 0 Å². The van der Waals surface area contributed by atoms with E-state index >= 15 is 0 Å². The average Bonchev–Trinajstić information content (AvgIpc) is 2.69. The van der Waals surface area contributed by atoms with E-state index in [1.165, 1.54) is 38.9 Å². The standard InChI is InChI=1S/C21H33F3N4O.HI/c1-3-10-28-11-8-18(9-12-28)14-27-20(25-2)26-13-17-4-6-19(7-5-17)15-29-16-21(22,23)24;/h4-7,18H,3,8-16H2,1-2H3,(H2,25,26,27);1H. The predicted molar refractivity (Wildman–Crippen MR) is 125 cm³/mol. The second-order valence-electron chi connectivity index (χ2n) is 7.52. The fourth-order valence-corrected chi connectivity index (χ4v) is 3.42. The molecule has 5 nitrogen and oxygen atoms in total. The molecule has 0 atom stereocenters. The van der Waals surface area contributed by atoms with Crippen molar-refractivity contribution in [2.24, 2.45) is 10.9 Å². The van der Waals surface area contributed by atoms with Crippen LogP contribution < -0.4 is 10.6 Å². The zero-order chi connectivity index (χ0) is 21.1. The summed E-state index contributed by atoms with van der Waals surface area (Å²) >= 11 is 0. The van der Waals surface area contributed by atoms with Gasteiger partial charge in [0.15, 0.2) is 5.96 Å². The van der Waals surface area contributed by atoms with Crippen molar-refractivity contribution in [1.29, 1.82) is 0 Å². The third kappa shape index (κ3) is 10.8. The molecule has 30 heavy (non-hydrogen) atoms. The van der Waals surface area contributed by atoms with Gasteiger partial charge in [0.25, 0.3) is 0 Å². The molecule has 0 aromatic heterocycles. The topological polar surface area (TPSA) is 48.9 Å². The highest BCUT2D eigenvalue weighted by molar-refractivity contribution is 14.0. The Morgan fingerprint density at radius 2 is 1.77 bits per heavy atom. The molecule has 2 rings (SSSR count). The number of aliphatic imine (C=N–C) groups is 1. The zero-order valence-electron chi connectivity index (χ0n) is 17.8. The molecular weight excluding hydrogens is 508 g/mol. The van der Waals surface area contributed by atoms with E-state index in [1.54, 1.807) is 19.2 Å². The number of hydrogen-bond donors (Lipinski definition) is 2. The maximum absolute atomic E-state index is 12.1. The number of alkyl halides is 3. The largest absolute Gasteiger partial charge is 0.411 e. The minimum Gasteiger partial charge on any atom is -0.367 e. The smallest absolute Gasteiger partial charge is 0.367 e. The van der Waals surface area contributed by atoms with Crippen LogP contribution in [0.5, 0.6) is 0 Å². The Morgan fingerprint density at radius 1 is 1.13 bits per heavy atom. The Balaban J connectivity index is 0.00000450. The van der Waals surface area contributed by atoms with Crippen LogP contribution in [0.1, 0.15) is 37.3 Å². The molecule has 9 heteroatoms. The van der Waals surface area contributed by atoms with Gasteiger partial charge in [-0.25, -0.2) is 0 Å². The molecule has 1 heterocycles. The molecule has 0 spiro atoms. The number of halogens is 4. The Labute approximate surface area is 194 Å². The number of ether oxygens (including phenoxy) is 1. The molecular formula is C21H34F3IN4O. The van der Waals surface area contributed by atoms with Crippen LogP contribution in [0.3, 0.4) is 0 Å². The van der Waals surface area contributed by atoms with Crippen molar-refractivity contribution in [3.8, 4) is 0 Å². The Hall–Kier alpha value is -1.07. The molecule has 1 aromatic rings. The van der Waals surface area contributed by atoms with Gasteiger partial charge in [-0.2, -0.15) is 13.2 Å². The van der Waals surface area contributed by atoms with Crippen molar-refractivity contribution in [2.45, 2.75) is 45.5 Å². The van der Waals surface area contributed by atoms with Gasteiger partial charge in [0.1, 0.15) is 6.61 Å². The van der Waals surface area contributed by atoms with Gasteiger partial charge in [0, 0.05) is 20.1 Å². The molecule has 0 bridgehead atoms. The van der Waals surface area contributed by atoms with E-state index in [-0.39, 0.29) is 30.6 Å². The lowest BCUT2D eigenvalue weighted by atomic mass is 9.97. The van der Waals surface area contributed by atoms with Crippen LogP contribution in [0.4, 0.5) is 13.2 Å². The highest BCUT2D eigenvalue weighted by atomic mass is 127. The van der Waals surface area contributed by atoms with Crippen molar-refractivity contribution in [2.75, 3.05) is 39.8 Å². The second-order valence-corrected chi connectivity index (χ2v) is 7.52. The van der Waals surface area contributed by atoms with Crippen LogP contribution in [0.15, 0.2) is 29.3 Å². The van der Waals surface area contributed by atoms with Gasteiger partial charge < -0.3 is 20.3 Å². The number of guanidine groups is 1. The van der Waals surface area contributed by atoms with Gasteiger partial charge >= 0.3 is 6.18 Å². The van der Waals surface area contributed by atoms with E-state index in [0.29, 0.717) is 12.5 Å². The minimum atomic E-state index is -4.29. The first-order valence-corrected chi connectivity index (χ1v) is 10.3. The third-order valence-electron chi connectivity index (χ3n) is 5.05. The Bertz CT molecular complexity index is 618. The molecule has 0 aliphatic carbocycles. The fourth-order valence-electron chi connectivity index (χ4n) is 3.42. The molecule has 1 fully saturated rings. The summed E-state index contributed by atoms with van der Waals surface area (Å²) in [5.41, 5.74) is 1.75. The lowest BCUT2D eigenvalue weighted by Crippen LogP contribution is -2.42. The number of rotatable bonds is 9. The van der Waals surface area contributed by atoms with Crippen LogP contribution in [0.2, 0.25) is 0 Å². The number of nitrogens with one attached hydrogen (secondary N) is 2. The maximum Gasteiger partial charge on any atom is 0.411 e. The van der Waals surface area contributed by atoms with Gasteiger partial charge in [0.05, 0.1) is 6.61 Å². The summed E-state index contributed by atoms with van der Waals surface area (Å²) in [6, 6.07) is 7.34. The van der Waals surface area contributed by atoms with E-state index in [0.717, 1.165) is 23.6 Å². The molecule has 1 saturated heterocycles. The van der Waals surface area contributed by atoms with Gasteiger partial charge in [-0.1, -0.05) is 31.2 Å². The second kappa shape index (κ2) is 14.1. The number of hydrogen-bond acceptors (Lipinski definition) is 3. The van der Waals surface area contributed by atoms with Crippen LogP contribution in [-0.2, 0) is 17.9 Å². The summed E-state index contributed by atoms with van der Waals surface area (Å²) in [7, 11) is 1.75. The molecule has 172 valence electrons. The summed E-state index contributed by atoms with van der Waals surface area (Å²) in [6.45, 7) is 5.99. The first-order valence-electron chi connectivity index (χ1n) is 10.3. The lowest BCUT2D eigenvalue weighted by Gasteiger charge is -2.32. The monoisotopic (exact) mass is 542 g/mol. The van der Waals surface area contributed by atoms with E-state index in [4.69, 9.17) is 0 Å². The van der Waals surface area contributed by atoms with Crippen molar-refractivity contribution >= 4 is 29.9 Å². The van der Waals surface area contributed by atoms with E-state index in [2.05, 4.69) is 32.2 Å². The van der Waals surface area contributed by atoms with Gasteiger partial charge in [-0.05, 0) is 55.9 Å². The summed E-state index contributed by atoms with van der Waals surface area (Å²) in [5, 5.41) is 6.69. The van der Waals surface area contributed by atoms with E-state index < -0.39 is 12.8 Å². The van der Waals surface area contributed by atoms with E-state index in [9.17, 15) is 13.2 Å². The molecule has 1 aliphatic rings. The van der Waals surface area contributed by atoms with Gasteiger partial charge in [0.2, 0.25) is 0 Å². The maximum atomic E-state index is 12.1. The molecule has 1 aromatic carbocycles. The summed E-state index contributed by atoms with van der Waals surface area (Å²) < 4.78 is 41.0. The lowest BCUT2D eigenvalue weighted by molar-refractivity contribution is -0.176. The van der Waals surface area contributed by atoms with Gasteiger partial charge in [-0.15, -0.1) is 24.0 Å². The molecule has 1 aliphatic heterocycles. The number of nitrogens with zero attached hydrogens (tertiary/aromatic N) is 2. The fraction of sp³-hybridized carbons (Fsp3) is 0.667. The molecule has 0 saturated carbocycles. The third-order valence-corrected chi connectivity index (χ3v) is 5.05. The predicted octanol–water partition coefficient (Wildman–Crippen LogP) is 4.17. The summed E-state index contributed by atoms with van der Waals surface area (Å²) in [5.74, 6) is 1.43. The average molecular weight is 542 g/mol. The first-order chi connectivity index (χ1) is 13.9. The quantitative estimate of drug-likeness (QED) is 0.280. The number of piperidine rings is 1. The highest BCUT2D eigenvalue weighted by Gasteiger charge is 2.27. The van der Waals surface area contributed by atoms with Crippen LogP contribution in [0.25, 0.3) is 0 Å². The van der Waals surface area contributed by atoms with Crippen LogP contribution in [0, 0.1) is 5.92 Å². The SMILES string of the molecule is CCCN1CCC(CNC(=NC)NCc2ccc(COCC(F)(F)F)cc2)CC1.I. The number of likely N-dealkylation sites (tertiary alicyclic amines) is 1. The zero-order valence-corrected chi connectivity index (χ0v) is 20.1. The first kappa shape index (κ1) is 27.0. The number of benzene rings is 1. The Morgan fingerprint density at radius 3 is 2.33 bits per heavy atom. The van der Waals surface area contributed by atoms with Crippen molar-refractivity contribution < 1.29 is 17.9 Å². The Kier molecular flexibility index (Phi) is 12.7. The molecule has 0 radical (unpaired) electrons. The molecule has 0 unspecified atom stereocenters. The van der Waals surface area contributed by atoms with Crippen molar-refractivity contribution in [1.82, 2.24) is 15.5 Å².